The lowest BCUT2D eigenvalue weighted by atomic mass is 9.53. The normalized spacial score (nSPS) is 29.7. The Hall–Kier alpha value is -1.59. The molecule has 29 heavy (non-hydrogen) atoms. The molecule has 4 bridgehead atoms. The number of quaternary nitrogens is 1. The number of halogens is 1. The first-order valence-electron chi connectivity index (χ1n) is 11.0. The topological polar surface area (TPSA) is 66.0 Å². The van der Waals surface area contributed by atoms with Crippen LogP contribution in [0.2, 0.25) is 5.02 Å². The quantitative estimate of drug-likeness (QED) is 0.714. The summed E-state index contributed by atoms with van der Waals surface area (Å²) in [7, 11) is 0. The van der Waals surface area contributed by atoms with Crippen molar-refractivity contribution in [3.8, 4) is 0 Å². The minimum atomic E-state index is -0.180. The third-order valence-electron chi connectivity index (χ3n) is 7.34. The van der Waals surface area contributed by atoms with Crippen molar-refractivity contribution in [2.24, 2.45) is 17.8 Å². The molecule has 4 fully saturated rings. The minimum Gasteiger partial charge on any atom is -0.334 e. The van der Waals surface area contributed by atoms with Crippen molar-refractivity contribution in [2.45, 2.75) is 57.9 Å². The fraction of sp³-hybridized carbons (Fsp3) is 0.652. The number of rotatable bonds is 7. The number of hydrogen-bond donors (Lipinski definition) is 2. The second kappa shape index (κ2) is 8.27. The number of hydrogen-bond acceptors (Lipinski definition) is 2. The lowest BCUT2D eigenvalue weighted by Crippen LogP contribution is -3.00. The summed E-state index contributed by atoms with van der Waals surface area (Å²) < 4.78 is 0. The molecule has 0 unspecified atom stereocenters. The van der Waals surface area contributed by atoms with E-state index in [-0.39, 0.29) is 23.9 Å². The van der Waals surface area contributed by atoms with Crippen LogP contribution >= 0.6 is 11.6 Å². The Morgan fingerprint density at radius 2 is 1.79 bits per heavy atom. The standard InChI is InChI=1S/C23H32ClN3O2/c1-3-27(14-21(28)26-20-9-19(24)5-4-15(20)2)22(29)13-25-23-10-16-6-17(11-23)8-18(7-16)12-23/h4-5,9,16-18,25H,3,6-8,10-14H2,1-2H3,(H,26,28)/p+1. The van der Waals surface area contributed by atoms with Crippen LogP contribution in [0.3, 0.4) is 0 Å². The second-order valence-corrected chi connectivity index (χ2v) is 10.0. The van der Waals surface area contributed by atoms with Crippen molar-refractivity contribution in [1.82, 2.24) is 4.90 Å². The molecule has 4 saturated carbocycles. The van der Waals surface area contributed by atoms with Crippen LogP contribution in [0.5, 0.6) is 0 Å². The van der Waals surface area contributed by atoms with Gasteiger partial charge in [0.1, 0.15) is 6.54 Å². The summed E-state index contributed by atoms with van der Waals surface area (Å²) in [5.41, 5.74) is 1.93. The lowest BCUT2D eigenvalue weighted by molar-refractivity contribution is -0.730. The first kappa shape index (κ1) is 20.7. The van der Waals surface area contributed by atoms with Gasteiger partial charge in [0.25, 0.3) is 5.91 Å². The molecular formula is C23H33ClN3O2+. The van der Waals surface area contributed by atoms with Gasteiger partial charge in [-0.1, -0.05) is 17.7 Å². The van der Waals surface area contributed by atoms with Crippen LogP contribution in [0.4, 0.5) is 5.69 Å². The Kier molecular flexibility index (Phi) is 5.90. The molecule has 1 aromatic carbocycles. The average molecular weight is 419 g/mol. The predicted octanol–water partition coefficient (Wildman–Crippen LogP) is 2.97. The van der Waals surface area contributed by atoms with Gasteiger partial charge < -0.3 is 15.5 Å². The van der Waals surface area contributed by atoms with E-state index in [0.717, 1.165) is 23.3 Å². The number of benzene rings is 1. The van der Waals surface area contributed by atoms with Gasteiger partial charge in [-0.3, -0.25) is 9.59 Å². The lowest BCUT2D eigenvalue weighted by Gasteiger charge is -2.54. The largest absolute Gasteiger partial charge is 0.334 e. The summed E-state index contributed by atoms with van der Waals surface area (Å²) in [5, 5.41) is 5.80. The Morgan fingerprint density at radius 1 is 1.17 bits per heavy atom. The number of anilines is 1. The summed E-state index contributed by atoms with van der Waals surface area (Å²) in [6.07, 6.45) is 8.04. The number of nitrogens with zero attached hydrogens (tertiary/aromatic N) is 1. The first-order valence-corrected chi connectivity index (χ1v) is 11.4. The van der Waals surface area contributed by atoms with Gasteiger partial charge in [-0.25, -0.2) is 0 Å². The van der Waals surface area contributed by atoms with Crippen LogP contribution in [-0.4, -0.2) is 41.9 Å². The molecule has 2 amide bonds. The number of carbonyl (C=O) groups excluding carboxylic acids is 2. The Labute approximate surface area is 178 Å². The summed E-state index contributed by atoms with van der Waals surface area (Å²) in [4.78, 5) is 27.0. The fourth-order valence-corrected chi connectivity index (χ4v) is 6.50. The van der Waals surface area contributed by atoms with Crippen LogP contribution in [0.1, 0.15) is 51.0 Å². The van der Waals surface area contributed by atoms with Gasteiger partial charge in [0.2, 0.25) is 5.91 Å². The molecule has 0 aromatic heterocycles. The maximum absolute atomic E-state index is 12.9. The molecule has 0 radical (unpaired) electrons. The van der Waals surface area contributed by atoms with E-state index in [4.69, 9.17) is 11.6 Å². The highest BCUT2D eigenvalue weighted by atomic mass is 35.5. The molecule has 0 saturated heterocycles. The molecule has 4 aliphatic carbocycles. The van der Waals surface area contributed by atoms with Crippen molar-refractivity contribution >= 4 is 29.1 Å². The molecular weight excluding hydrogens is 386 g/mol. The molecule has 0 spiro atoms. The van der Waals surface area contributed by atoms with E-state index in [9.17, 15) is 9.59 Å². The van der Waals surface area contributed by atoms with Crippen molar-refractivity contribution < 1.29 is 14.9 Å². The number of likely N-dealkylation sites (N-methyl/N-ethyl adjacent to an activating group) is 1. The van der Waals surface area contributed by atoms with Crippen LogP contribution in [0, 0.1) is 24.7 Å². The van der Waals surface area contributed by atoms with E-state index in [0.29, 0.717) is 23.8 Å². The van der Waals surface area contributed by atoms with Gasteiger partial charge in [-0.2, -0.15) is 0 Å². The van der Waals surface area contributed by atoms with Crippen molar-refractivity contribution in [2.75, 3.05) is 25.0 Å². The zero-order valence-electron chi connectivity index (χ0n) is 17.5. The molecule has 4 aliphatic rings. The third kappa shape index (κ3) is 4.61. The zero-order chi connectivity index (χ0) is 20.6. The monoisotopic (exact) mass is 418 g/mol. The molecule has 158 valence electrons. The first-order chi connectivity index (χ1) is 13.9. The fourth-order valence-electron chi connectivity index (χ4n) is 6.33. The predicted molar refractivity (Wildman–Crippen MR) is 115 cm³/mol. The van der Waals surface area contributed by atoms with Gasteiger partial charge in [-0.15, -0.1) is 0 Å². The maximum atomic E-state index is 12.9. The summed E-state index contributed by atoms with van der Waals surface area (Å²) >= 11 is 6.03. The van der Waals surface area contributed by atoms with Gasteiger partial charge in [-0.05, 0) is 68.6 Å². The maximum Gasteiger partial charge on any atom is 0.278 e. The molecule has 5 nitrogen and oxygen atoms in total. The number of carbonyl (C=O) groups is 2. The smallest absolute Gasteiger partial charge is 0.278 e. The van der Waals surface area contributed by atoms with Crippen LogP contribution in [-0.2, 0) is 9.59 Å². The van der Waals surface area contributed by atoms with E-state index in [1.54, 1.807) is 17.0 Å². The number of aryl methyl sites for hydroxylation is 1. The Bertz CT molecular complexity index is 759. The van der Waals surface area contributed by atoms with Gasteiger partial charge in [0.05, 0.1) is 5.54 Å². The summed E-state index contributed by atoms with van der Waals surface area (Å²) in [6, 6.07) is 5.42. The summed E-state index contributed by atoms with van der Waals surface area (Å²) in [6.45, 7) is 4.92. The van der Waals surface area contributed by atoms with Crippen molar-refractivity contribution in [3.63, 3.8) is 0 Å². The highest BCUT2D eigenvalue weighted by Gasteiger charge is 2.53. The Morgan fingerprint density at radius 3 is 2.38 bits per heavy atom. The zero-order valence-corrected chi connectivity index (χ0v) is 18.3. The van der Waals surface area contributed by atoms with E-state index in [1.165, 1.54) is 38.5 Å². The third-order valence-corrected chi connectivity index (χ3v) is 7.57. The van der Waals surface area contributed by atoms with Crippen LogP contribution in [0.15, 0.2) is 18.2 Å². The summed E-state index contributed by atoms with van der Waals surface area (Å²) in [5.74, 6) is 2.51. The van der Waals surface area contributed by atoms with E-state index < -0.39 is 0 Å². The Balaban J connectivity index is 1.31. The van der Waals surface area contributed by atoms with Crippen molar-refractivity contribution in [3.05, 3.63) is 28.8 Å². The highest BCUT2D eigenvalue weighted by Crippen LogP contribution is 2.54. The molecule has 1 aromatic rings. The SMILES string of the molecule is CCN(CC(=O)Nc1cc(Cl)ccc1C)C(=O)C[NH2+]C12CC3CC(CC(C3)C1)C2. The highest BCUT2D eigenvalue weighted by molar-refractivity contribution is 6.31. The van der Waals surface area contributed by atoms with E-state index in [1.807, 2.05) is 19.9 Å². The molecule has 0 heterocycles. The van der Waals surface area contributed by atoms with E-state index in [2.05, 4.69) is 10.6 Å². The number of nitrogens with one attached hydrogen (secondary N) is 1. The molecule has 0 aliphatic heterocycles. The van der Waals surface area contributed by atoms with Gasteiger partial charge >= 0.3 is 0 Å². The van der Waals surface area contributed by atoms with Crippen LogP contribution < -0.4 is 10.6 Å². The molecule has 6 heteroatoms. The molecule has 5 rings (SSSR count). The van der Waals surface area contributed by atoms with Gasteiger partial charge in [0, 0.05) is 36.5 Å². The molecule has 0 atom stereocenters. The number of nitrogens with two attached hydrogens (primary N) is 1. The average Bonchev–Trinajstić information content (AvgIpc) is 2.66. The van der Waals surface area contributed by atoms with E-state index >= 15 is 0 Å². The minimum absolute atomic E-state index is 0.0567. The second-order valence-electron chi connectivity index (χ2n) is 9.60. The van der Waals surface area contributed by atoms with Crippen LogP contribution in [0.25, 0.3) is 0 Å². The molecule has 3 N–H and O–H groups in total. The van der Waals surface area contributed by atoms with Gasteiger partial charge in [0.15, 0.2) is 6.54 Å². The van der Waals surface area contributed by atoms with Crippen molar-refractivity contribution in [1.29, 1.82) is 0 Å². The number of amides is 2.